The van der Waals surface area contributed by atoms with Crippen molar-refractivity contribution in [1.82, 2.24) is 0 Å². The molecule has 1 aromatic heterocycles. The molecular weight excluding hydrogens is 236 g/mol. The summed E-state index contributed by atoms with van der Waals surface area (Å²) < 4.78 is 0. The number of hydrogen-bond acceptors (Lipinski definition) is 5. The summed E-state index contributed by atoms with van der Waals surface area (Å²) in [5.74, 6) is -0.487. The highest BCUT2D eigenvalue weighted by Crippen LogP contribution is 2.26. The molecular formula is C11H10N4OS. The van der Waals surface area contributed by atoms with Crippen LogP contribution in [0.4, 0.5) is 0 Å². The number of allylic oxidation sites excluding steroid dienone is 1. The Morgan fingerprint density at radius 2 is 2.18 bits per heavy atom. The van der Waals surface area contributed by atoms with Gasteiger partial charge in [0.25, 0.3) is 0 Å². The Morgan fingerprint density at radius 3 is 2.71 bits per heavy atom. The first-order chi connectivity index (χ1) is 8.08. The molecule has 86 valence electrons. The van der Waals surface area contributed by atoms with E-state index in [9.17, 15) is 4.79 Å². The predicted octanol–water partition coefficient (Wildman–Crippen LogP) is 1.05. The van der Waals surface area contributed by atoms with Crippen molar-refractivity contribution in [3.8, 4) is 12.1 Å². The fourth-order valence-electron chi connectivity index (χ4n) is 1.30. The van der Waals surface area contributed by atoms with Gasteiger partial charge in [0.05, 0.1) is 0 Å². The minimum atomic E-state index is -0.511. The zero-order chi connectivity index (χ0) is 12.8. The topological polar surface area (TPSA) is 117 Å². The largest absolute Gasteiger partial charge is 0.370 e. The molecule has 17 heavy (non-hydrogen) atoms. The number of nitrogens with zero attached hydrogens (tertiary/aromatic N) is 2. The molecule has 0 saturated heterocycles. The Hall–Kier alpha value is -2.15. The third kappa shape index (κ3) is 3.42. The molecule has 1 amide bonds. The summed E-state index contributed by atoms with van der Waals surface area (Å²) in [7, 11) is 0. The van der Waals surface area contributed by atoms with Gasteiger partial charge in [-0.05, 0) is 23.1 Å². The lowest BCUT2D eigenvalue weighted by Gasteiger charge is -2.08. The fourth-order valence-corrected chi connectivity index (χ4v) is 2.20. The highest BCUT2D eigenvalue weighted by Gasteiger charge is 2.14. The Labute approximate surface area is 103 Å². The first-order valence-electron chi connectivity index (χ1n) is 4.71. The molecule has 1 heterocycles. The number of carbonyl (C=O) groups excluding carboxylic acids is 1. The van der Waals surface area contributed by atoms with E-state index in [-0.39, 0.29) is 12.0 Å². The standard InChI is InChI=1S/C11H10N4OS/c12-5-7(6-13)3-10-8(1-2-17-10)9(14)4-11(15)16/h1-3,9H,4,14H2,(H2,15,16). The van der Waals surface area contributed by atoms with E-state index in [0.29, 0.717) is 4.88 Å². The number of thiophene rings is 1. The molecule has 1 unspecified atom stereocenters. The zero-order valence-electron chi connectivity index (χ0n) is 8.88. The van der Waals surface area contributed by atoms with Crippen LogP contribution in [0.15, 0.2) is 17.0 Å². The van der Waals surface area contributed by atoms with Crippen LogP contribution in [0, 0.1) is 22.7 Å². The van der Waals surface area contributed by atoms with Crippen LogP contribution in [-0.2, 0) is 4.79 Å². The SMILES string of the molecule is N#CC(C#N)=Cc1sccc1C(N)CC(N)=O. The molecule has 0 aliphatic rings. The monoisotopic (exact) mass is 246 g/mol. The molecule has 0 aromatic carbocycles. The van der Waals surface area contributed by atoms with Crippen LogP contribution in [0.25, 0.3) is 6.08 Å². The normalized spacial score (nSPS) is 11.0. The first kappa shape index (κ1) is 12.9. The number of nitrogens with two attached hydrogens (primary N) is 2. The van der Waals surface area contributed by atoms with Gasteiger partial charge in [-0.2, -0.15) is 10.5 Å². The molecule has 1 rings (SSSR count). The number of hydrogen-bond donors (Lipinski definition) is 2. The molecule has 0 bridgehead atoms. The summed E-state index contributed by atoms with van der Waals surface area (Å²) in [6.07, 6.45) is 1.49. The van der Waals surface area contributed by atoms with Gasteiger partial charge < -0.3 is 11.5 Å². The molecule has 0 aliphatic carbocycles. The van der Waals surface area contributed by atoms with Crippen LogP contribution in [0.3, 0.4) is 0 Å². The van der Waals surface area contributed by atoms with Gasteiger partial charge in [-0.1, -0.05) is 0 Å². The molecule has 1 aromatic rings. The molecule has 0 radical (unpaired) electrons. The van der Waals surface area contributed by atoms with E-state index in [0.717, 1.165) is 5.56 Å². The summed E-state index contributed by atoms with van der Waals surface area (Å²) in [6.45, 7) is 0. The average molecular weight is 246 g/mol. The Kier molecular flexibility index (Phi) is 4.41. The Morgan fingerprint density at radius 1 is 1.53 bits per heavy atom. The molecule has 5 nitrogen and oxygen atoms in total. The maximum absolute atomic E-state index is 10.8. The lowest BCUT2D eigenvalue weighted by atomic mass is 10.0. The van der Waals surface area contributed by atoms with E-state index < -0.39 is 11.9 Å². The van der Waals surface area contributed by atoms with Crippen molar-refractivity contribution in [1.29, 1.82) is 10.5 Å². The second-order valence-electron chi connectivity index (χ2n) is 3.30. The maximum atomic E-state index is 10.8. The minimum Gasteiger partial charge on any atom is -0.370 e. The fraction of sp³-hybridized carbons (Fsp3) is 0.182. The van der Waals surface area contributed by atoms with Crippen LogP contribution in [0.2, 0.25) is 0 Å². The Balaban J connectivity index is 3.03. The molecule has 1 atom stereocenters. The van der Waals surface area contributed by atoms with E-state index in [2.05, 4.69) is 0 Å². The number of rotatable bonds is 4. The van der Waals surface area contributed by atoms with Crippen molar-refractivity contribution < 1.29 is 4.79 Å². The van der Waals surface area contributed by atoms with Crippen LogP contribution >= 0.6 is 11.3 Å². The summed E-state index contributed by atoms with van der Waals surface area (Å²) in [5, 5.41) is 19.1. The molecule has 0 fully saturated rings. The van der Waals surface area contributed by atoms with Crippen molar-refractivity contribution in [2.45, 2.75) is 12.5 Å². The molecule has 4 N–H and O–H groups in total. The lowest BCUT2D eigenvalue weighted by Crippen LogP contribution is -2.20. The van der Waals surface area contributed by atoms with Crippen molar-refractivity contribution in [2.75, 3.05) is 0 Å². The average Bonchev–Trinajstić information content (AvgIpc) is 2.72. The third-order valence-corrected chi connectivity index (χ3v) is 2.94. The lowest BCUT2D eigenvalue weighted by molar-refractivity contribution is -0.118. The van der Waals surface area contributed by atoms with Crippen LogP contribution in [-0.4, -0.2) is 5.91 Å². The summed E-state index contributed by atoms with van der Waals surface area (Å²) in [4.78, 5) is 11.5. The van der Waals surface area contributed by atoms with E-state index in [1.165, 1.54) is 17.4 Å². The van der Waals surface area contributed by atoms with Gasteiger partial charge in [0.1, 0.15) is 17.7 Å². The van der Waals surface area contributed by atoms with Gasteiger partial charge in [-0.15, -0.1) is 11.3 Å². The van der Waals surface area contributed by atoms with E-state index in [1.807, 2.05) is 0 Å². The summed E-state index contributed by atoms with van der Waals surface area (Å²) in [5.41, 5.74) is 11.6. The quantitative estimate of drug-likeness (QED) is 0.772. The second kappa shape index (κ2) is 5.80. The smallest absolute Gasteiger partial charge is 0.219 e. The van der Waals surface area contributed by atoms with Crippen LogP contribution < -0.4 is 11.5 Å². The second-order valence-corrected chi connectivity index (χ2v) is 4.25. The van der Waals surface area contributed by atoms with Gasteiger partial charge in [-0.25, -0.2) is 0 Å². The zero-order valence-corrected chi connectivity index (χ0v) is 9.70. The first-order valence-corrected chi connectivity index (χ1v) is 5.59. The summed E-state index contributed by atoms with van der Waals surface area (Å²) >= 11 is 1.35. The van der Waals surface area contributed by atoms with Gasteiger partial charge in [0.15, 0.2) is 0 Å². The predicted molar refractivity (Wildman–Crippen MR) is 64.3 cm³/mol. The van der Waals surface area contributed by atoms with Crippen molar-refractivity contribution >= 4 is 23.3 Å². The van der Waals surface area contributed by atoms with Gasteiger partial charge >= 0.3 is 0 Å². The third-order valence-electron chi connectivity index (χ3n) is 2.06. The Bertz CT molecular complexity index is 516. The van der Waals surface area contributed by atoms with E-state index in [1.54, 1.807) is 23.6 Å². The number of amides is 1. The molecule has 0 spiro atoms. The van der Waals surface area contributed by atoms with E-state index in [4.69, 9.17) is 22.0 Å². The van der Waals surface area contributed by atoms with Gasteiger partial charge in [0, 0.05) is 17.3 Å². The van der Waals surface area contributed by atoms with Crippen molar-refractivity contribution in [3.63, 3.8) is 0 Å². The highest BCUT2D eigenvalue weighted by molar-refractivity contribution is 7.11. The summed E-state index contributed by atoms with van der Waals surface area (Å²) in [6, 6.07) is 4.79. The number of nitriles is 2. The molecule has 0 saturated carbocycles. The van der Waals surface area contributed by atoms with Gasteiger partial charge in [0.2, 0.25) is 5.91 Å². The molecule has 0 aliphatic heterocycles. The minimum absolute atomic E-state index is 0.0000231. The highest BCUT2D eigenvalue weighted by atomic mass is 32.1. The number of primary amides is 1. The number of carbonyl (C=O) groups is 1. The maximum Gasteiger partial charge on any atom is 0.219 e. The van der Waals surface area contributed by atoms with Crippen molar-refractivity contribution in [2.24, 2.45) is 11.5 Å². The van der Waals surface area contributed by atoms with Crippen LogP contribution in [0.5, 0.6) is 0 Å². The van der Waals surface area contributed by atoms with E-state index >= 15 is 0 Å². The van der Waals surface area contributed by atoms with Crippen molar-refractivity contribution in [3.05, 3.63) is 27.5 Å². The molecule has 6 heteroatoms. The van der Waals surface area contributed by atoms with Crippen LogP contribution in [0.1, 0.15) is 22.9 Å². The van der Waals surface area contributed by atoms with Gasteiger partial charge in [-0.3, -0.25) is 4.79 Å².